The van der Waals surface area contributed by atoms with Crippen LogP contribution in [0.4, 0.5) is 0 Å². The summed E-state index contributed by atoms with van der Waals surface area (Å²) in [7, 11) is 0. The maximum Gasteiger partial charge on any atom is 0.229 e. The van der Waals surface area contributed by atoms with E-state index in [4.69, 9.17) is 4.52 Å². The number of nitrogens with zero attached hydrogens (tertiary/aromatic N) is 5. The molecule has 7 heteroatoms. The maximum atomic E-state index is 12.6. The van der Waals surface area contributed by atoms with Crippen molar-refractivity contribution in [1.82, 2.24) is 24.8 Å². The van der Waals surface area contributed by atoms with Gasteiger partial charge in [-0.3, -0.25) is 9.48 Å². The van der Waals surface area contributed by atoms with Crippen molar-refractivity contribution in [1.29, 1.82) is 0 Å². The van der Waals surface area contributed by atoms with E-state index >= 15 is 0 Å². The summed E-state index contributed by atoms with van der Waals surface area (Å²) in [4.78, 5) is 18.7. The van der Waals surface area contributed by atoms with E-state index in [1.807, 2.05) is 21.8 Å². The Hall–Kier alpha value is -2.18. The number of likely N-dealkylation sites (tertiary alicyclic amines) is 1. The monoisotopic (exact) mass is 303 g/mol. The molecule has 2 aromatic rings. The standard InChI is InChI=1S/C15H21N5O2/c1-10(2)20-8-6-12(17-20)9-14(21)19-7-4-5-13(19)15-16-11(3)22-18-15/h6,8,10,13H,4-5,7,9H2,1-3H3/t13-/m0/s1. The molecule has 0 bridgehead atoms. The van der Waals surface area contributed by atoms with E-state index in [0.29, 0.717) is 24.2 Å². The van der Waals surface area contributed by atoms with Crippen LogP contribution in [0.15, 0.2) is 16.8 Å². The van der Waals surface area contributed by atoms with Gasteiger partial charge in [0.05, 0.1) is 18.2 Å². The van der Waals surface area contributed by atoms with Crippen LogP contribution in [0.3, 0.4) is 0 Å². The summed E-state index contributed by atoms with van der Waals surface area (Å²) in [6, 6.07) is 2.13. The third-order valence-corrected chi connectivity index (χ3v) is 3.94. The summed E-state index contributed by atoms with van der Waals surface area (Å²) in [6.45, 7) is 6.62. The van der Waals surface area contributed by atoms with Gasteiger partial charge >= 0.3 is 0 Å². The van der Waals surface area contributed by atoms with Gasteiger partial charge in [-0.1, -0.05) is 5.16 Å². The van der Waals surface area contributed by atoms with Crippen LogP contribution in [0.2, 0.25) is 0 Å². The van der Waals surface area contributed by atoms with Crippen LogP contribution in [0.1, 0.15) is 56.2 Å². The zero-order valence-corrected chi connectivity index (χ0v) is 13.2. The smallest absolute Gasteiger partial charge is 0.229 e. The molecule has 0 spiro atoms. The van der Waals surface area contributed by atoms with Crippen molar-refractivity contribution < 1.29 is 9.32 Å². The van der Waals surface area contributed by atoms with E-state index in [1.54, 1.807) is 6.92 Å². The van der Waals surface area contributed by atoms with Crippen molar-refractivity contribution in [2.24, 2.45) is 0 Å². The van der Waals surface area contributed by atoms with Gasteiger partial charge < -0.3 is 9.42 Å². The number of carbonyl (C=O) groups excluding carboxylic acids is 1. The number of rotatable bonds is 4. The third kappa shape index (κ3) is 2.88. The van der Waals surface area contributed by atoms with Crippen molar-refractivity contribution in [2.45, 2.75) is 52.1 Å². The average Bonchev–Trinajstić information content (AvgIpc) is 3.16. The van der Waals surface area contributed by atoms with Gasteiger partial charge in [-0.25, -0.2) is 0 Å². The van der Waals surface area contributed by atoms with Crippen molar-refractivity contribution in [3.63, 3.8) is 0 Å². The van der Waals surface area contributed by atoms with Crippen molar-refractivity contribution in [3.05, 3.63) is 29.7 Å². The molecule has 1 atom stereocenters. The summed E-state index contributed by atoms with van der Waals surface area (Å²) in [5.74, 6) is 1.21. The highest BCUT2D eigenvalue weighted by Gasteiger charge is 2.33. The fraction of sp³-hybridized carbons (Fsp3) is 0.600. The van der Waals surface area contributed by atoms with E-state index in [9.17, 15) is 4.79 Å². The second-order valence-electron chi connectivity index (χ2n) is 5.97. The van der Waals surface area contributed by atoms with E-state index in [1.165, 1.54) is 0 Å². The largest absolute Gasteiger partial charge is 0.340 e. The minimum absolute atomic E-state index is 0.0685. The average molecular weight is 303 g/mol. The Morgan fingerprint density at radius 1 is 1.50 bits per heavy atom. The van der Waals surface area contributed by atoms with Crippen LogP contribution in [0.5, 0.6) is 0 Å². The Kier molecular flexibility index (Phi) is 3.96. The first-order chi connectivity index (χ1) is 10.5. The van der Waals surface area contributed by atoms with Crippen molar-refractivity contribution in [2.75, 3.05) is 6.54 Å². The minimum Gasteiger partial charge on any atom is -0.340 e. The topological polar surface area (TPSA) is 77.1 Å². The molecule has 0 aliphatic carbocycles. The van der Waals surface area contributed by atoms with Gasteiger partial charge in [0.15, 0.2) is 5.82 Å². The molecule has 0 saturated carbocycles. The first-order valence-electron chi connectivity index (χ1n) is 7.68. The quantitative estimate of drug-likeness (QED) is 0.864. The van der Waals surface area contributed by atoms with Crippen LogP contribution in [-0.4, -0.2) is 37.3 Å². The van der Waals surface area contributed by atoms with Crippen LogP contribution >= 0.6 is 0 Å². The summed E-state index contributed by atoms with van der Waals surface area (Å²) in [5, 5.41) is 8.41. The van der Waals surface area contributed by atoms with E-state index < -0.39 is 0 Å². The normalized spacial score (nSPS) is 18.4. The SMILES string of the molecule is Cc1nc([C@@H]2CCCN2C(=O)Cc2ccn(C(C)C)n2)no1. The van der Waals surface area contributed by atoms with Crippen molar-refractivity contribution in [3.8, 4) is 0 Å². The van der Waals surface area contributed by atoms with E-state index in [-0.39, 0.29) is 11.9 Å². The van der Waals surface area contributed by atoms with Gasteiger partial charge in [0.1, 0.15) is 0 Å². The highest BCUT2D eigenvalue weighted by molar-refractivity contribution is 5.79. The van der Waals surface area contributed by atoms with Crippen molar-refractivity contribution >= 4 is 5.91 Å². The molecule has 1 fully saturated rings. The molecule has 1 amide bonds. The van der Waals surface area contributed by atoms with Crippen LogP contribution in [0.25, 0.3) is 0 Å². The molecular formula is C15H21N5O2. The van der Waals surface area contributed by atoms with Gasteiger partial charge in [0.25, 0.3) is 0 Å². The number of hydrogen-bond donors (Lipinski definition) is 0. The predicted octanol–water partition coefficient (Wildman–Crippen LogP) is 2.06. The van der Waals surface area contributed by atoms with E-state index in [0.717, 1.165) is 25.1 Å². The zero-order valence-electron chi connectivity index (χ0n) is 13.2. The summed E-state index contributed by atoms with van der Waals surface area (Å²) in [6.07, 6.45) is 4.07. The second-order valence-corrected chi connectivity index (χ2v) is 5.97. The Balaban J connectivity index is 1.70. The number of carbonyl (C=O) groups is 1. The number of aromatic nitrogens is 4. The first-order valence-corrected chi connectivity index (χ1v) is 7.68. The van der Waals surface area contributed by atoms with Gasteiger partial charge in [0, 0.05) is 25.7 Å². The van der Waals surface area contributed by atoms with Gasteiger partial charge in [-0.15, -0.1) is 0 Å². The predicted molar refractivity (Wildman–Crippen MR) is 79.0 cm³/mol. The van der Waals surface area contributed by atoms with Crippen LogP contribution in [-0.2, 0) is 11.2 Å². The molecule has 22 heavy (non-hydrogen) atoms. The highest BCUT2D eigenvalue weighted by Crippen LogP contribution is 2.30. The molecule has 7 nitrogen and oxygen atoms in total. The fourth-order valence-corrected chi connectivity index (χ4v) is 2.80. The lowest BCUT2D eigenvalue weighted by Gasteiger charge is -2.21. The van der Waals surface area contributed by atoms with Crippen LogP contribution in [0, 0.1) is 6.92 Å². The Morgan fingerprint density at radius 3 is 2.95 bits per heavy atom. The lowest BCUT2D eigenvalue weighted by Crippen LogP contribution is -2.32. The second kappa shape index (κ2) is 5.90. The van der Waals surface area contributed by atoms with Gasteiger partial charge in [0.2, 0.25) is 11.8 Å². The molecule has 3 heterocycles. The third-order valence-electron chi connectivity index (χ3n) is 3.94. The number of amides is 1. The molecule has 2 aromatic heterocycles. The molecule has 1 aliphatic heterocycles. The number of aryl methyl sites for hydroxylation is 1. The molecule has 0 radical (unpaired) electrons. The molecule has 1 aliphatic rings. The first kappa shape index (κ1) is 14.7. The fourth-order valence-electron chi connectivity index (χ4n) is 2.80. The highest BCUT2D eigenvalue weighted by atomic mass is 16.5. The van der Waals surface area contributed by atoms with Crippen LogP contribution < -0.4 is 0 Å². The molecule has 1 saturated heterocycles. The van der Waals surface area contributed by atoms with Gasteiger partial charge in [-0.05, 0) is 32.8 Å². The summed E-state index contributed by atoms with van der Waals surface area (Å²) >= 11 is 0. The molecule has 0 N–H and O–H groups in total. The molecule has 3 rings (SSSR count). The van der Waals surface area contributed by atoms with Gasteiger partial charge in [-0.2, -0.15) is 10.1 Å². The Labute approximate surface area is 129 Å². The summed E-state index contributed by atoms with van der Waals surface area (Å²) < 4.78 is 6.91. The summed E-state index contributed by atoms with van der Waals surface area (Å²) in [5.41, 5.74) is 0.800. The minimum atomic E-state index is -0.0721. The lowest BCUT2D eigenvalue weighted by molar-refractivity contribution is -0.131. The molecular weight excluding hydrogens is 282 g/mol. The molecule has 0 unspecified atom stereocenters. The Morgan fingerprint density at radius 2 is 2.32 bits per heavy atom. The molecule has 0 aromatic carbocycles. The van der Waals surface area contributed by atoms with E-state index in [2.05, 4.69) is 29.1 Å². The Bertz CT molecular complexity index is 660. The maximum absolute atomic E-state index is 12.6. The zero-order chi connectivity index (χ0) is 15.7. The number of hydrogen-bond acceptors (Lipinski definition) is 5. The lowest BCUT2D eigenvalue weighted by atomic mass is 10.2. The molecule has 118 valence electrons.